The standard InChI is InChI=1S/C19H19ClN4O3S/c1-11(18(25)21-13-5-7-14(26-2)8-6-13)28-19-22-17(23-24-19)15-10-12(20)4-9-16(15)27-3/h4-11H,1-3H3,(H,21,25)(H,22,23,24)/t11-/m0/s1. The summed E-state index contributed by atoms with van der Waals surface area (Å²) in [6.45, 7) is 1.79. The lowest BCUT2D eigenvalue weighted by atomic mass is 10.2. The van der Waals surface area contributed by atoms with Crippen LogP contribution < -0.4 is 14.8 Å². The number of nitrogens with zero attached hydrogens (tertiary/aromatic N) is 2. The number of ether oxygens (including phenoxy) is 2. The Morgan fingerprint density at radius 3 is 2.61 bits per heavy atom. The van der Waals surface area contributed by atoms with Crippen LogP contribution in [0, 0.1) is 0 Å². The van der Waals surface area contributed by atoms with Crippen LogP contribution >= 0.6 is 23.4 Å². The summed E-state index contributed by atoms with van der Waals surface area (Å²) < 4.78 is 10.4. The Bertz CT molecular complexity index is 962. The predicted octanol–water partition coefficient (Wildman–Crippen LogP) is 4.26. The van der Waals surface area contributed by atoms with E-state index in [0.717, 1.165) is 5.75 Å². The van der Waals surface area contributed by atoms with Gasteiger partial charge < -0.3 is 14.8 Å². The number of hydrogen-bond acceptors (Lipinski definition) is 6. The molecule has 3 aromatic rings. The number of carbonyl (C=O) groups excluding carboxylic acids is 1. The summed E-state index contributed by atoms with van der Waals surface area (Å²) >= 11 is 7.32. The van der Waals surface area contributed by atoms with Gasteiger partial charge in [-0.05, 0) is 49.4 Å². The molecule has 0 aliphatic rings. The molecule has 9 heteroatoms. The van der Waals surface area contributed by atoms with Gasteiger partial charge in [-0.15, -0.1) is 5.10 Å². The molecule has 2 N–H and O–H groups in total. The third-order valence-electron chi connectivity index (χ3n) is 3.89. The fourth-order valence-corrected chi connectivity index (χ4v) is 3.31. The fourth-order valence-electron chi connectivity index (χ4n) is 2.41. The molecule has 1 amide bonds. The van der Waals surface area contributed by atoms with Gasteiger partial charge >= 0.3 is 0 Å². The molecular formula is C19H19ClN4O3S. The van der Waals surface area contributed by atoms with Crippen LogP contribution in [0.15, 0.2) is 47.6 Å². The number of aromatic nitrogens is 3. The van der Waals surface area contributed by atoms with Crippen LogP contribution in [0.4, 0.5) is 5.69 Å². The van der Waals surface area contributed by atoms with E-state index in [1.807, 2.05) is 0 Å². The van der Waals surface area contributed by atoms with Crippen LogP contribution in [-0.4, -0.2) is 40.6 Å². The molecule has 0 saturated heterocycles. The van der Waals surface area contributed by atoms with E-state index < -0.39 is 5.25 Å². The third-order valence-corrected chi connectivity index (χ3v) is 5.09. The van der Waals surface area contributed by atoms with Crippen LogP contribution in [0.2, 0.25) is 5.02 Å². The normalized spacial score (nSPS) is 11.7. The highest BCUT2D eigenvalue weighted by Gasteiger charge is 2.19. The van der Waals surface area contributed by atoms with Gasteiger partial charge in [0.1, 0.15) is 11.5 Å². The van der Waals surface area contributed by atoms with Crippen LogP contribution in [0.3, 0.4) is 0 Å². The molecule has 0 bridgehead atoms. The number of benzene rings is 2. The maximum Gasteiger partial charge on any atom is 0.237 e. The lowest BCUT2D eigenvalue weighted by molar-refractivity contribution is -0.115. The van der Waals surface area contributed by atoms with Gasteiger partial charge in [0, 0.05) is 10.7 Å². The zero-order valence-corrected chi connectivity index (χ0v) is 17.1. The van der Waals surface area contributed by atoms with E-state index in [-0.39, 0.29) is 5.91 Å². The highest BCUT2D eigenvalue weighted by molar-refractivity contribution is 8.00. The smallest absolute Gasteiger partial charge is 0.237 e. The minimum atomic E-state index is -0.396. The molecule has 2 aromatic carbocycles. The maximum atomic E-state index is 12.4. The minimum Gasteiger partial charge on any atom is -0.497 e. The molecule has 0 aliphatic carbocycles. The molecule has 0 saturated carbocycles. The fraction of sp³-hybridized carbons (Fsp3) is 0.211. The van der Waals surface area contributed by atoms with Crippen molar-refractivity contribution in [1.29, 1.82) is 0 Å². The van der Waals surface area contributed by atoms with Crippen molar-refractivity contribution < 1.29 is 14.3 Å². The van der Waals surface area contributed by atoms with Crippen molar-refractivity contribution in [2.24, 2.45) is 0 Å². The average molecular weight is 419 g/mol. The van der Waals surface area contributed by atoms with Crippen molar-refractivity contribution in [3.63, 3.8) is 0 Å². The number of thioether (sulfide) groups is 1. The molecule has 0 unspecified atom stereocenters. The Morgan fingerprint density at radius 1 is 1.18 bits per heavy atom. The largest absolute Gasteiger partial charge is 0.497 e. The summed E-state index contributed by atoms with van der Waals surface area (Å²) in [5.74, 6) is 1.72. The topological polar surface area (TPSA) is 89.1 Å². The zero-order valence-electron chi connectivity index (χ0n) is 15.5. The first-order chi connectivity index (χ1) is 13.5. The number of halogens is 1. The van der Waals surface area contributed by atoms with Crippen LogP contribution in [0.1, 0.15) is 6.92 Å². The number of aromatic amines is 1. The second kappa shape index (κ2) is 8.99. The number of methoxy groups -OCH3 is 2. The highest BCUT2D eigenvalue weighted by Crippen LogP contribution is 2.31. The molecule has 7 nitrogen and oxygen atoms in total. The number of carbonyl (C=O) groups is 1. The van der Waals surface area contributed by atoms with Gasteiger partial charge in [-0.3, -0.25) is 9.89 Å². The predicted molar refractivity (Wildman–Crippen MR) is 110 cm³/mol. The molecule has 0 fully saturated rings. The van der Waals surface area contributed by atoms with Crippen molar-refractivity contribution in [2.45, 2.75) is 17.3 Å². The van der Waals surface area contributed by atoms with E-state index >= 15 is 0 Å². The Morgan fingerprint density at radius 2 is 1.93 bits per heavy atom. The van der Waals surface area contributed by atoms with Gasteiger partial charge in [-0.1, -0.05) is 23.4 Å². The lowest BCUT2D eigenvalue weighted by Crippen LogP contribution is -2.22. The number of anilines is 1. The second-order valence-corrected chi connectivity index (χ2v) is 7.53. The summed E-state index contributed by atoms with van der Waals surface area (Å²) in [6.07, 6.45) is 0. The first-order valence-corrected chi connectivity index (χ1v) is 9.64. The summed E-state index contributed by atoms with van der Waals surface area (Å²) in [5, 5.41) is 10.5. The van der Waals surface area contributed by atoms with Crippen molar-refractivity contribution in [2.75, 3.05) is 19.5 Å². The Labute approximate surface area is 171 Å². The monoisotopic (exact) mass is 418 g/mol. The van der Waals surface area contributed by atoms with Crippen molar-refractivity contribution in [1.82, 2.24) is 15.2 Å². The lowest BCUT2D eigenvalue weighted by Gasteiger charge is -2.10. The van der Waals surface area contributed by atoms with E-state index in [2.05, 4.69) is 20.5 Å². The van der Waals surface area contributed by atoms with Crippen molar-refractivity contribution >= 4 is 35.0 Å². The van der Waals surface area contributed by atoms with Crippen LogP contribution in [-0.2, 0) is 4.79 Å². The summed E-state index contributed by atoms with van der Waals surface area (Å²) in [7, 11) is 3.17. The Kier molecular flexibility index (Phi) is 6.43. The first kappa shape index (κ1) is 20.0. The number of rotatable bonds is 7. The number of nitrogens with one attached hydrogen (secondary N) is 2. The quantitative estimate of drug-likeness (QED) is 0.557. The number of H-pyrrole nitrogens is 1. The summed E-state index contributed by atoms with van der Waals surface area (Å²) in [6, 6.07) is 12.4. The minimum absolute atomic E-state index is 0.151. The van der Waals surface area contributed by atoms with E-state index in [9.17, 15) is 4.79 Å². The Balaban J connectivity index is 1.67. The molecule has 1 atom stereocenters. The van der Waals surface area contributed by atoms with Crippen LogP contribution in [0.5, 0.6) is 11.5 Å². The summed E-state index contributed by atoms with van der Waals surface area (Å²) in [4.78, 5) is 16.9. The van der Waals surface area contributed by atoms with E-state index in [0.29, 0.717) is 33.0 Å². The molecule has 146 valence electrons. The van der Waals surface area contributed by atoms with Gasteiger partial charge in [0.25, 0.3) is 0 Å². The average Bonchev–Trinajstić information content (AvgIpc) is 3.16. The van der Waals surface area contributed by atoms with E-state index in [1.165, 1.54) is 11.8 Å². The Hall–Kier alpha value is -2.71. The zero-order chi connectivity index (χ0) is 20.1. The molecule has 0 spiro atoms. The van der Waals surface area contributed by atoms with Gasteiger partial charge in [0.15, 0.2) is 5.82 Å². The number of hydrogen-bond donors (Lipinski definition) is 2. The molecule has 1 aromatic heterocycles. The maximum absolute atomic E-state index is 12.4. The summed E-state index contributed by atoms with van der Waals surface area (Å²) in [5.41, 5.74) is 1.39. The van der Waals surface area contributed by atoms with Gasteiger partial charge in [0.05, 0.1) is 25.0 Å². The second-order valence-electron chi connectivity index (χ2n) is 5.79. The van der Waals surface area contributed by atoms with Gasteiger partial charge in [0.2, 0.25) is 11.1 Å². The molecule has 3 rings (SSSR count). The molecule has 1 heterocycles. The van der Waals surface area contributed by atoms with E-state index in [1.54, 1.807) is 63.6 Å². The van der Waals surface area contributed by atoms with Gasteiger partial charge in [-0.25, -0.2) is 4.98 Å². The van der Waals surface area contributed by atoms with Crippen molar-refractivity contribution in [3.05, 3.63) is 47.5 Å². The molecule has 0 aliphatic heterocycles. The third kappa shape index (κ3) is 4.76. The van der Waals surface area contributed by atoms with E-state index in [4.69, 9.17) is 21.1 Å². The SMILES string of the molecule is COc1ccc(NC(=O)[C@H](C)Sc2n[nH]c(-c3cc(Cl)ccc3OC)n2)cc1. The molecule has 28 heavy (non-hydrogen) atoms. The highest BCUT2D eigenvalue weighted by atomic mass is 35.5. The van der Waals surface area contributed by atoms with Gasteiger partial charge in [-0.2, -0.15) is 0 Å². The molecule has 0 radical (unpaired) electrons. The first-order valence-electron chi connectivity index (χ1n) is 8.38. The van der Waals surface area contributed by atoms with Crippen LogP contribution in [0.25, 0.3) is 11.4 Å². The molecular weight excluding hydrogens is 400 g/mol. The number of amides is 1. The van der Waals surface area contributed by atoms with Crippen molar-refractivity contribution in [3.8, 4) is 22.9 Å².